The van der Waals surface area contributed by atoms with Crippen LogP contribution in [0.4, 0.5) is 0 Å². The molecule has 0 aliphatic heterocycles. The van der Waals surface area contributed by atoms with Gasteiger partial charge in [0.05, 0.1) is 0 Å². The van der Waals surface area contributed by atoms with Crippen LogP contribution in [0.25, 0.3) is 10.9 Å². The Morgan fingerprint density at radius 3 is 2.60 bits per heavy atom. The molecule has 30 heavy (non-hydrogen) atoms. The summed E-state index contributed by atoms with van der Waals surface area (Å²) >= 11 is 12.3. The first kappa shape index (κ1) is 20.5. The number of halogens is 2. The van der Waals surface area contributed by atoms with E-state index in [9.17, 15) is 4.79 Å². The molecule has 2 heterocycles. The number of hydrogen-bond acceptors (Lipinski definition) is 2. The number of hydrogen-bond donors (Lipinski definition) is 2. The second-order valence-corrected chi connectivity index (χ2v) is 8.04. The fraction of sp³-hybridized carbons (Fsp3) is 0.167. The number of fused-ring (bicyclic) bond motifs is 1. The Morgan fingerprint density at radius 1 is 1.03 bits per heavy atom. The Kier molecular flexibility index (Phi) is 6.36. The molecule has 4 nitrogen and oxygen atoms in total. The second-order valence-electron chi connectivity index (χ2n) is 7.16. The molecule has 2 aromatic heterocycles. The predicted octanol–water partition coefficient (Wildman–Crippen LogP) is 5.75. The lowest BCUT2D eigenvalue weighted by Gasteiger charge is -2.17. The Morgan fingerprint density at radius 2 is 1.83 bits per heavy atom. The standard InChI is InChI=1S/C24H21Cl2N3O/c25-17-6-4-16(5-7-17)20(22-15-29-23-9-8-18(26)13-21(22)23)14-24(30)28-12-10-19-3-1-2-11-27-19/h1-9,11,13,15,20,29H,10,12,14H2,(H,28,30). The Balaban J connectivity index is 1.55. The van der Waals surface area contributed by atoms with Crippen molar-refractivity contribution in [2.45, 2.75) is 18.8 Å². The Labute approximate surface area is 185 Å². The average Bonchev–Trinajstić information content (AvgIpc) is 3.16. The highest BCUT2D eigenvalue weighted by Crippen LogP contribution is 2.35. The van der Waals surface area contributed by atoms with Crippen molar-refractivity contribution in [2.75, 3.05) is 6.54 Å². The highest BCUT2D eigenvalue weighted by molar-refractivity contribution is 6.31. The summed E-state index contributed by atoms with van der Waals surface area (Å²) < 4.78 is 0. The van der Waals surface area contributed by atoms with Gasteiger partial charge in [-0.15, -0.1) is 0 Å². The summed E-state index contributed by atoms with van der Waals surface area (Å²) in [6.07, 6.45) is 4.74. The SMILES string of the molecule is O=C(CC(c1ccc(Cl)cc1)c1c[nH]c2ccc(Cl)cc12)NCCc1ccccn1. The van der Waals surface area contributed by atoms with Crippen LogP contribution in [0, 0.1) is 0 Å². The van der Waals surface area contributed by atoms with E-state index < -0.39 is 0 Å². The van der Waals surface area contributed by atoms with Gasteiger partial charge in [0.25, 0.3) is 0 Å². The van der Waals surface area contributed by atoms with E-state index in [1.54, 1.807) is 6.20 Å². The van der Waals surface area contributed by atoms with Crippen LogP contribution >= 0.6 is 23.2 Å². The minimum atomic E-state index is -0.121. The summed E-state index contributed by atoms with van der Waals surface area (Å²) in [7, 11) is 0. The third kappa shape index (κ3) is 4.84. The van der Waals surface area contributed by atoms with Crippen molar-refractivity contribution in [1.29, 1.82) is 0 Å². The molecule has 6 heteroatoms. The zero-order valence-electron chi connectivity index (χ0n) is 16.2. The zero-order valence-corrected chi connectivity index (χ0v) is 17.8. The fourth-order valence-electron chi connectivity index (χ4n) is 3.64. The van der Waals surface area contributed by atoms with Crippen LogP contribution in [0.5, 0.6) is 0 Å². The smallest absolute Gasteiger partial charge is 0.220 e. The highest BCUT2D eigenvalue weighted by Gasteiger charge is 2.21. The third-order valence-electron chi connectivity index (χ3n) is 5.14. The number of nitrogens with one attached hydrogen (secondary N) is 2. The first-order valence-electron chi connectivity index (χ1n) is 9.79. The van der Waals surface area contributed by atoms with Crippen molar-refractivity contribution in [3.63, 3.8) is 0 Å². The van der Waals surface area contributed by atoms with Gasteiger partial charge in [-0.05, 0) is 53.6 Å². The van der Waals surface area contributed by atoms with Crippen molar-refractivity contribution in [3.8, 4) is 0 Å². The lowest BCUT2D eigenvalue weighted by Crippen LogP contribution is -2.27. The lowest BCUT2D eigenvalue weighted by molar-refractivity contribution is -0.121. The number of nitrogens with zero attached hydrogens (tertiary/aromatic N) is 1. The molecule has 1 unspecified atom stereocenters. The van der Waals surface area contributed by atoms with E-state index in [0.29, 0.717) is 29.4 Å². The fourth-order valence-corrected chi connectivity index (χ4v) is 3.94. The largest absolute Gasteiger partial charge is 0.361 e. The number of carbonyl (C=O) groups is 1. The molecule has 0 saturated carbocycles. The minimum Gasteiger partial charge on any atom is -0.361 e. The number of aromatic amines is 1. The molecule has 1 atom stereocenters. The molecule has 4 rings (SSSR count). The first-order chi connectivity index (χ1) is 14.6. The molecule has 1 amide bonds. The quantitative estimate of drug-likeness (QED) is 0.386. The number of aromatic nitrogens is 2. The Bertz CT molecular complexity index is 1140. The van der Waals surface area contributed by atoms with Crippen LogP contribution in [0.15, 0.2) is 73.1 Å². The molecule has 0 spiro atoms. The lowest BCUT2D eigenvalue weighted by atomic mass is 9.88. The van der Waals surface area contributed by atoms with E-state index in [4.69, 9.17) is 23.2 Å². The van der Waals surface area contributed by atoms with Gasteiger partial charge in [0.1, 0.15) is 0 Å². The molecule has 0 aliphatic carbocycles. The molecule has 152 valence electrons. The van der Waals surface area contributed by atoms with E-state index in [1.165, 1.54) is 0 Å². The third-order valence-corrected chi connectivity index (χ3v) is 5.63. The maximum atomic E-state index is 12.8. The molecule has 0 aliphatic rings. The van der Waals surface area contributed by atoms with Gasteiger partial charge in [0, 0.05) is 64.3 Å². The van der Waals surface area contributed by atoms with Gasteiger partial charge in [0.15, 0.2) is 0 Å². The normalized spacial score (nSPS) is 12.1. The monoisotopic (exact) mass is 437 g/mol. The highest BCUT2D eigenvalue weighted by atomic mass is 35.5. The molecule has 4 aromatic rings. The van der Waals surface area contributed by atoms with Crippen LogP contribution < -0.4 is 5.32 Å². The van der Waals surface area contributed by atoms with E-state index in [1.807, 2.05) is 66.9 Å². The zero-order chi connectivity index (χ0) is 20.9. The predicted molar refractivity (Wildman–Crippen MR) is 122 cm³/mol. The van der Waals surface area contributed by atoms with E-state index in [-0.39, 0.29) is 11.8 Å². The number of pyridine rings is 1. The van der Waals surface area contributed by atoms with Gasteiger partial charge in [-0.1, -0.05) is 41.4 Å². The van der Waals surface area contributed by atoms with Gasteiger partial charge >= 0.3 is 0 Å². The van der Waals surface area contributed by atoms with Gasteiger partial charge in [0.2, 0.25) is 5.91 Å². The summed E-state index contributed by atoms with van der Waals surface area (Å²) in [6, 6.07) is 19.2. The number of carbonyl (C=O) groups excluding carboxylic acids is 1. The van der Waals surface area contributed by atoms with Crippen molar-refractivity contribution in [2.24, 2.45) is 0 Å². The number of H-pyrrole nitrogens is 1. The summed E-state index contributed by atoms with van der Waals surface area (Å²) in [5.41, 5.74) is 4.01. The molecular formula is C24H21Cl2N3O. The van der Waals surface area contributed by atoms with Crippen LogP contribution in [0.3, 0.4) is 0 Å². The van der Waals surface area contributed by atoms with Crippen molar-refractivity contribution >= 4 is 40.0 Å². The topological polar surface area (TPSA) is 57.8 Å². The van der Waals surface area contributed by atoms with Crippen LogP contribution in [-0.2, 0) is 11.2 Å². The maximum absolute atomic E-state index is 12.8. The average molecular weight is 438 g/mol. The molecule has 0 fully saturated rings. The first-order valence-corrected chi connectivity index (χ1v) is 10.5. The van der Waals surface area contributed by atoms with Gasteiger partial charge in [-0.25, -0.2) is 0 Å². The van der Waals surface area contributed by atoms with Crippen LogP contribution in [0.1, 0.15) is 29.2 Å². The van der Waals surface area contributed by atoms with E-state index in [0.717, 1.165) is 27.7 Å². The Hall–Kier alpha value is -2.82. The maximum Gasteiger partial charge on any atom is 0.220 e. The van der Waals surface area contributed by atoms with Gasteiger partial charge in [-0.2, -0.15) is 0 Å². The summed E-state index contributed by atoms with van der Waals surface area (Å²) in [5.74, 6) is -0.133. The summed E-state index contributed by atoms with van der Waals surface area (Å²) in [4.78, 5) is 20.4. The van der Waals surface area contributed by atoms with Crippen molar-refractivity contribution < 1.29 is 4.79 Å². The number of amides is 1. The van der Waals surface area contributed by atoms with E-state index in [2.05, 4.69) is 15.3 Å². The van der Waals surface area contributed by atoms with Gasteiger partial charge in [-0.3, -0.25) is 9.78 Å². The molecule has 2 N–H and O–H groups in total. The van der Waals surface area contributed by atoms with Crippen LogP contribution in [0.2, 0.25) is 10.0 Å². The molecule has 2 aromatic carbocycles. The molecule has 0 radical (unpaired) electrons. The second kappa shape index (κ2) is 9.33. The van der Waals surface area contributed by atoms with Gasteiger partial charge < -0.3 is 10.3 Å². The number of benzene rings is 2. The summed E-state index contributed by atoms with van der Waals surface area (Å²) in [5, 5.41) is 5.37. The van der Waals surface area contributed by atoms with Crippen molar-refractivity contribution in [3.05, 3.63) is 99.9 Å². The van der Waals surface area contributed by atoms with Crippen molar-refractivity contribution in [1.82, 2.24) is 15.3 Å². The van der Waals surface area contributed by atoms with E-state index >= 15 is 0 Å². The minimum absolute atomic E-state index is 0.0118. The molecular weight excluding hydrogens is 417 g/mol. The number of rotatable bonds is 7. The van der Waals surface area contributed by atoms with Crippen LogP contribution in [-0.4, -0.2) is 22.4 Å². The molecule has 0 saturated heterocycles. The molecule has 0 bridgehead atoms. The summed E-state index contributed by atoms with van der Waals surface area (Å²) in [6.45, 7) is 0.545.